The number of carbonyl (C=O) groups is 1. The Bertz CT molecular complexity index is 1450. The summed E-state index contributed by atoms with van der Waals surface area (Å²) in [7, 11) is -2.73. The van der Waals surface area contributed by atoms with Gasteiger partial charge in [0.05, 0.1) is 15.5 Å². The average molecular weight is 527 g/mol. The quantitative estimate of drug-likeness (QED) is 0.310. The largest absolute Gasteiger partial charge is 0.302 e. The van der Waals surface area contributed by atoms with E-state index in [4.69, 9.17) is 4.78 Å². The van der Waals surface area contributed by atoms with E-state index in [1.807, 2.05) is 23.6 Å². The highest BCUT2D eigenvalue weighted by Crippen LogP contribution is 2.35. The zero-order chi connectivity index (χ0) is 24.4. The zero-order valence-electron chi connectivity index (χ0n) is 18.7. The predicted molar refractivity (Wildman–Crippen MR) is 136 cm³/mol. The van der Waals surface area contributed by atoms with E-state index in [-0.39, 0.29) is 16.9 Å². The van der Waals surface area contributed by atoms with Crippen LogP contribution in [0.5, 0.6) is 0 Å². The lowest BCUT2D eigenvalue weighted by Gasteiger charge is -2.07. The molecule has 10 nitrogen and oxygen atoms in total. The van der Waals surface area contributed by atoms with Crippen molar-refractivity contribution in [2.45, 2.75) is 41.6 Å². The van der Waals surface area contributed by atoms with Gasteiger partial charge in [-0.3, -0.25) is 15.1 Å². The Labute approximate surface area is 210 Å². The van der Waals surface area contributed by atoms with Gasteiger partial charge in [0.1, 0.15) is 5.01 Å². The minimum absolute atomic E-state index is 0.0250. The molecular weight excluding hydrogens is 504 g/mol. The number of hydrogen-bond acceptors (Lipinski definition) is 10. The van der Waals surface area contributed by atoms with Gasteiger partial charge in [0.25, 0.3) is 0 Å². The molecule has 180 valence electrons. The maximum absolute atomic E-state index is 12.6. The standard InChI is InChI=1S/C22H22N8O2S3/c1-2-30-19(14-9-11-24-12-10-14)26-29-22(30)33-13-18(31)25-21-28-27-20(34-21)15-3-5-16(6-4-15)35(23,32)17-7-8-17/h3-6,9-12,17,23H,2,7-8,13H2,1H3,(H,25,28,31). The van der Waals surface area contributed by atoms with Crippen molar-refractivity contribution >= 4 is 43.9 Å². The van der Waals surface area contributed by atoms with Crippen LogP contribution >= 0.6 is 23.1 Å². The molecule has 35 heavy (non-hydrogen) atoms. The Morgan fingerprint density at radius 2 is 1.86 bits per heavy atom. The molecule has 0 spiro atoms. The van der Waals surface area contributed by atoms with Crippen LogP contribution in [0.2, 0.25) is 0 Å². The van der Waals surface area contributed by atoms with E-state index >= 15 is 0 Å². The van der Waals surface area contributed by atoms with E-state index in [9.17, 15) is 9.00 Å². The minimum Gasteiger partial charge on any atom is -0.302 e. The molecule has 1 aliphatic rings. The highest BCUT2D eigenvalue weighted by Gasteiger charge is 2.33. The summed E-state index contributed by atoms with van der Waals surface area (Å²) in [5, 5.41) is 21.2. The Hall–Kier alpha value is -3.16. The van der Waals surface area contributed by atoms with Gasteiger partial charge in [-0.2, -0.15) is 0 Å². The third-order valence-corrected chi connectivity index (χ3v) is 9.66. The fourth-order valence-corrected chi connectivity index (χ4v) is 6.76. The summed E-state index contributed by atoms with van der Waals surface area (Å²) in [5.41, 5.74) is 1.71. The smallest absolute Gasteiger partial charge is 0.236 e. The summed E-state index contributed by atoms with van der Waals surface area (Å²) < 4.78 is 22.7. The third kappa shape index (κ3) is 5.11. The van der Waals surface area contributed by atoms with Gasteiger partial charge in [-0.1, -0.05) is 35.2 Å². The molecule has 0 aliphatic heterocycles. The van der Waals surface area contributed by atoms with Gasteiger partial charge < -0.3 is 4.57 Å². The second kappa shape index (κ2) is 9.84. The van der Waals surface area contributed by atoms with E-state index in [2.05, 4.69) is 30.7 Å². The van der Waals surface area contributed by atoms with Crippen LogP contribution in [0.4, 0.5) is 5.13 Å². The molecule has 3 aromatic heterocycles. The molecule has 0 radical (unpaired) electrons. The van der Waals surface area contributed by atoms with Crippen LogP contribution in [0.25, 0.3) is 22.0 Å². The Balaban J connectivity index is 1.20. The molecule has 1 atom stereocenters. The topological polar surface area (TPSA) is 139 Å². The van der Waals surface area contributed by atoms with Crippen molar-refractivity contribution in [3.8, 4) is 22.0 Å². The summed E-state index contributed by atoms with van der Waals surface area (Å²) in [4.78, 5) is 17.1. The monoisotopic (exact) mass is 526 g/mol. The summed E-state index contributed by atoms with van der Waals surface area (Å²) >= 11 is 2.56. The maximum atomic E-state index is 12.6. The van der Waals surface area contributed by atoms with Crippen molar-refractivity contribution in [2.24, 2.45) is 0 Å². The van der Waals surface area contributed by atoms with Gasteiger partial charge in [-0.05, 0) is 44.0 Å². The van der Waals surface area contributed by atoms with Gasteiger partial charge in [-0.15, -0.1) is 20.4 Å². The maximum Gasteiger partial charge on any atom is 0.236 e. The lowest BCUT2D eigenvalue weighted by Crippen LogP contribution is -2.14. The Morgan fingerprint density at radius 3 is 2.54 bits per heavy atom. The number of aromatic nitrogens is 6. The molecule has 1 fully saturated rings. The van der Waals surface area contributed by atoms with E-state index < -0.39 is 9.73 Å². The van der Waals surface area contributed by atoms with Gasteiger partial charge in [-0.25, -0.2) is 8.99 Å². The Morgan fingerprint density at radius 1 is 1.11 bits per heavy atom. The molecule has 0 saturated heterocycles. The van der Waals surface area contributed by atoms with Crippen LogP contribution in [0.15, 0.2) is 58.8 Å². The number of anilines is 1. The molecule has 3 heterocycles. The van der Waals surface area contributed by atoms with Crippen LogP contribution in [0.1, 0.15) is 19.8 Å². The number of hydrogen-bond donors (Lipinski definition) is 2. The highest BCUT2D eigenvalue weighted by molar-refractivity contribution is 7.99. The van der Waals surface area contributed by atoms with Gasteiger partial charge in [0.15, 0.2) is 11.0 Å². The first-order valence-electron chi connectivity index (χ1n) is 10.9. The van der Waals surface area contributed by atoms with E-state index in [0.29, 0.717) is 26.7 Å². The number of thioether (sulfide) groups is 1. The minimum atomic E-state index is -2.73. The lowest BCUT2D eigenvalue weighted by molar-refractivity contribution is -0.113. The van der Waals surface area contributed by atoms with Crippen molar-refractivity contribution in [1.82, 2.24) is 29.9 Å². The normalized spacial score (nSPS) is 15.0. The van der Waals surface area contributed by atoms with E-state index in [0.717, 1.165) is 29.8 Å². The molecule has 4 aromatic rings. The number of amides is 1. The number of pyridine rings is 1. The Kier molecular flexibility index (Phi) is 6.62. The first-order chi connectivity index (χ1) is 17.0. The summed E-state index contributed by atoms with van der Waals surface area (Å²) in [5.74, 6) is 0.662. The molecule has 0 bridgehead atoms. The highest BCUT2D eigenvalue weighted by atomic mass is 32.2. The van der Waals surface area contributed by atoms with E-state index in [1.165, 1.54) is 23.1 Å². The number of rotatable bonds is 9. The third-order valence-electron chi connectivity index (χ3n) is 5.42. The second-order valence-electron chi connectivity index (χ2n) is 7.86. The fourth-order valence-electron chi connectivity index (χ4n) is 3.46. The first kappa shape index (κ1) is 23.6. The van der Waals surface area contributed by atoms with Crippen LogP contribution in [0, 0.1) is 4.78 Å². The van der Waals surface area contributed by atoms with Crippen LogP contribution in [0.3, 0.4) is 0 Å². The molecule has 1 amide bonds. The molecule has 1 saturated carbocycles. The molecule has 1 unspecified atom stereocenters. The number of benzene rings is 1. The van der Waals surface area contributed by atoms with Crippen LogP contribution < -0.4 is 5.32 Å². The predicted octanol–water partition coefficient (Wildman–Crippen LogP) is 4.18. The molecule has 1 aromatic carbocycles. The van der Waals surface area contributed by atoms with Crippen LogP contribution in [-0.2, 0) is 21.1 Å². The second-order valence-corrected chi connectivity index (χ2v) is 12.1. The molecule has 5 rings (SSSR count). The van der Waals surface area contributed by atoms with Crippen molar-refractivity contribution in [3.05, 3.63) is 48.8 Å². The first-order valence-corrected chi connectivity index (χ1v) is 14.4. The summed E-state index contributed by atoms with van der Waals surface area (Å²) in [6.45, 7) is 2.67. The fraction of sp³-hybridized carbons (Fsp3) is 0.273. The molecule has 13 heteroatoms. The van der Waals surface area contributed by atoms with Crippen molar-refractivity contribution in [1.29, 1.82) is 4.78 Å². The number of carbonyl (C=O) groups excluding carboxylic acids is 1. The summed E-state index contributed by atoms with van der Waals surface area (Å²) in [6.07, 6.45) is 5.11. The van der Waals surface area contributed by atoms with Crippen molar-refractivity contribution < 1.29 is 9.00 Å². The molecule has 2 N–H and O–H groups in total. The number of nitrogens with one attached hydrogen (secondary N) is 2. The van der Waals surface area contributed by atoms with Gasteiger partial charge in [0.2, 0.25) is 11.0 Å². The van der Waals surface area contributed by atoms with Crippen molar-refractivity contribution in [3.63, 3.8) is 0 Å². The van der Waals surface area contributed by atoms with Gasteiger partial charge >= 0.3 is 0 Å². The lowest BCUT2D eigenvalue weighted by atomic mass is 10.2. The summed E-state index contributed by atoms with van der Waals surface area (Å²) in [6, 6.07) is 10.8. The molecule has 1 aliphatic carbocycles. The zero-order valence-corrected chi connectivity index (χ0v) is 21.2. The SMILES string of the molecule is CCn1c(SCC(=O)Nc2nnc(-c3ccc(S(=N)(=O)C4CC4)cc3)s2)nnc1-c1ccncc1. The average Bonchev–Trinajstić information content (AvgIpc) is 3.52. The van der Waals surface area contributed by atoms with E-state index in [1.54, 1.807) is 36.7 Å². The number of nitrogens with zero attached hydrogens (tertiary/aromatic N) is 6. The van der Waals surface area contributed by atoms with Crippen LogP contribution in [-0.4, -0.2) is 51.1 Å². The molecular formula is C22H22N8O2S3. The van der Waals surface area contributed by atoms with Crippen molar-refractivity contribution in [2.75, 3.05) is 11.1 Å². The van der Waals surface area contributed by atoms with Gasteiger partial charge in [0, 0.05) is 40.2 Å².